The second kappa shape index (κ2) is 4.87. The molecule has 0 heterocycles. The molecule has 0 bridgehead atoms. The van der Waals surface area contributed by atoms with Crippen molar-refractivity contribution >= 4 is 5.91 Å². The number of hydrogen-bond donors (Lipinski definition) is 0. The Kier molecular flexibility index (Phi) is 3.77. The normalized spacial score (nSPS) is 10.1. The Morgan fingerprint density at radius 2 is 2.07 bits per heavy atom. The molecule has 1 aromatic rings. The zero-order valence-electron chi connectivity index (χ0n) is 8.76. The van der Waals surface area contributed by atoms with Gasteiger partial charge in [-0.25, -0.2) is 8.78 Å². The van der Waals surface area contributed by atoms with E-state index in [1.807, 2.05) is 0 Å². The lowest BCUT2D eigenvalue weighted by atomic mass is 10.1. The first kappa shape index (κ1) is 11.6. The zero-order chi connectivity index (χ0) is 11.4. The van der Waals surface area contributed by atoms with Gasteiger partial charge in [-0.1, -0.05) is 0 Å². The lowest BCUT2D eigenvalue weighted by Crippen LogP contribution is -2.26. The molecule has 0 aliphatic heterocycles. The van der Waals surface area contributed by atoms with Crippen LogP contribution in [-0.4, -0.2) is 24.4 Å². The summed E-state index contributed by atoms with van der Waals surface area (Å²) in [6.45, 7) is 1.82. The standard InChI is InChI=1S/C11H13F2NO/c1-8(15)14(2)6-5-9-7-10(12)3-4-11(9)13/h3-4,7H,5-6H2,1-2H3. The van der Waals surface area contributed by atoms with Gasteiger partial charge in [-0.15, -0.1) is 0 Å². The molecule has 0 unspecified atom stereocenters. The predicted octanol–water partition coefficient (Wildman–Crippen LogP) is 1.99. The van der Waals surface area contributed by atoms with E-state index >= 15 is 0 Å². The van der Waals surface area contributed by atoms with Gasteiger partial charge in [0.2, 0.25) is 5.91 Å². The first-order valence-corrected chi connectivity index (χ1v) is 4.66. The van der Waals surface area contributed by atoms with E-state index in [9.17, 15) is 13.6 Å². The fourth-order valence-corrected chi connectivity index (χ4v) is 1.18. The van der Waals surface area contributed by atoms with E-state index < -0.39 is 11.6 Å². The molecule has 0 atom stereocenters. The highest BCUT2D eigenvalue weighted by Gasteiger charge is 2.06. The Hall–Kier alpha value is -1.45. The summed E-state index contributed by atoms with van der Waals surface area (Å²) >= 11 is 0. The van der Waals surface area contributed by atoms with Gasteiger partial charge in [0.05, 0.1) is 0 Å². The number of rotatable bonds is 3. The van der Waals surface area contributed by atoms with Crippen molar-refractivity contribution in [2.75, 3.05) is 13.6 Å². The van der Waals surface area contributed by atoms with Gasteiger partial charge in [0.25, 0.3) is 0 Å². The highest BCUT2D eigenvalue weighted by Crippen LogP contribution is 2.10. The molecule has 1 aromatic carbocycles. The average molecular weight is 213 g/mol. The smallest absolute Gasteiger partial charge is 0.219 e. The average Bonchev–Trinajstić information content (AvgIpc) is 2.18. The predicted molar refractivity (Wildman–Crippen MR) is 53.4 cm³/mol. The molecule has 1 amide bonds. The Labute approximate surface area is 87.5 Å². The van der Waals surface area contributed by atoms with Crippen LogP contribution in [0.15, 0.2) is 18.2 Å². The molecule has 0 radical (unpaired) electrons. The Morgan fingerprint density at radius 1 is 1.40 bits per heavy atom. The van der Waals surface area contributed by atoms with Gasteiger partial charge in [0.1, 0.15) is 11.6 Å². The molecule has 0 N–H and O–H groups in total. The number of carbonyl (C=O) groups excluding carboxylic acids is 1. The van der Waals surface area contributed by atoms with Gasteiger partial charge in [0.15, 0.2) is 0 Å². The van der Waals surface area contributed by atoms with Crippen LogP contribution in [0.2, 0.25) is 0 Å². The van der Waals surface area contributed by atoms with E-state index in [1.54, 1.807) is 7.05 Å². The largest absolute Gasteiger partial charge is 0.346 e. The monoisotopic (exact) mass is 213 g/mol. The van der Waals surface area contributed by atoms with Crippen LogP contribution in [0.25, 0.3) is 0 Å². The van der Waals surface area contributed by atoms with E-state index in [0.717, 1.165) is 18.2 Å². The van der Waals surface area contributed by atoms with Crippen LogP contribution < -0.4 is 0 Å². The molecule has 2 nitrogen and oxygen atoms in total. The van der Waals surface area contributed by atoms with Gasteiger partial charge < -0.3 is 4.90 Å². The third-order valence-electron chi connectivity index (χ3n) is 2.26. The van der Waals surface area contributed by atoms with Gasteiger partial charge in [-0.2, -0.15) is 0 Å². The summed E-state index contributed by atoms with van der Waals surface area (Å²) in [5.74, 6) is -0.989. The maximum absolute atomic E-state index is 13.2. The van der Waals surface area contributed by atoms with Crippen LogP contribution in [0.4, 0.5) is 8.78 Å². The second-order valence-electron chi connectivity index (χ2n) is 3.43. The molecule has 0 spiro atoms. The van der Waals surface area contributed by atoms with Crippen LogP contribution in [0.5, 0.6) is 0 Å². The van der Waals surface area contributed by atoms with Crippen LogP contribution in [0.1, 0.15) is 12.5 Å². The SMILES string of the molecule is CC(=O)N(C)CCc1cc(F)ccc1F. The molecule has 0 aromatic heterocycles. The number of halogens is 2. The first-order chi connectivity index (χ1) is 7.00. The van der Waals surface area contributed by atoms with Gasteiger partial charge >= 0.3 is 0 Å². The highest BCUT2D eigenvalue weighted by atomic mass is 19.1. The molecule has 0 saturated carbocycles. The molecule has 0 aliphatic rings. The Bertz CT molecular complexity index is 366. The molecule has 4 heteroatoms. The number of amides is 1. The molecular weight excluding hydrogens is 200 g/mol. The number of benzene rings is 1. The topological polar surface area (TPSA) is 20.3 Å². The minimum Gasteiger partial charge on any atom is -0.346 e. The third kappa shape index (κ3) is 3.31. The quantitative estimate of drug-likeness (QED) is 0.751. The molecular formula is C11H13F2NO. The van der Waals surface area contributed by atoms with E-state index in [-0.39, 0.29) is 5.91 Å². The number of nitrogens with zero attached hydrogens (tertiary/aromatic N) is 1. The van der Waals surface area contributed by atoms with Crippen molar-refractivity contribution in [3.8, 4) is 0 Å². The van der Waals surface area contributed by atoms with E-state index in [0.29, 0.717) is 18.5 Å². The molecule has 0 fully saturated rings. The van der Waals surface area contributed by atoms with Crippen molar-refractivity contribution < 1.29 is 13.6 Å². The number of likely N-dealkylation sites (N-methyl/N-ethyl adjacent to an activating group) is 1. The maximum atomic E-state index is 13.2. The van der Waals surface area contributed by atoms with Gasteiger partial charge in [0, 0.05) is 20.5 Å². The fourth-order valence-electron chi connectivity index (χ4n) is 1.18. The lowest BCUT2D eigenvalue weighted by molar-refractivity contribution is -0.127. The van der Waals surface area contributed by atoms with Crippen molar-refractivity contribution in [2.24, 2.45) is 0 Å². The molecule has 1 rings (SSSR count). The summed E-state index contributed by atoms with van der Waals surface area (Å²) < 4.78 is 25.9. The summed E-state index contributed by atoms with van der Waals surface area (Å²) in [6, 6.07) is 3.33. The summed E-state index contributed by atoms with van der Waals surface area (Å²) in [4.78, 5) is 12.3. The van der Waals surface area contributed by atoms with Crippen molar-refractivity contribution in [1.82, 2.24) is 4.90 Å². The summed E-state index contributed by atoms with van der Waals surface area (Å²) in [5.41, 5.74) is 0.295. The minimum absolute atomic E-state index is 0.0909. The number of carbonyl (C=O) groups is 1. The lowest BCUT2D eigenvalue weighted by Gasteiger charge is -2.14. The fraction of sp³-hybridized carbons (Fsp3) is 0.364. The van der Waals surface area contributed by atoms with E-state index in [4.69, 9.17) is 0 Å². The third-order valence-corrected chi connectivity index (χ3v) is 2.26. The van der Waals surface area contributed by atoms with Crippen LogP contribution in [-0.2, 0) is 11.2 Å². The highest BCUT2D eigenvalue weighted by molar-refractivity contribution is 5.72. The molecule has 15 heavy (non-hydrogen) atoms. The maximum Gasteiger partial charge on any atom is 0.219 e. The number of hydrogen-bond acceptors (Lipinski definition) is 1. The molecule has 82 valence electrons. The van der Waals surface area contributed by atoms with Gasteiger partial charge in [-0.3, -0.25) is 4.79 Å². The molecule has 0 aliphatic carbocycles. The van der Waals surface area contributed by atoms with Crippen LogP contribution in [0.3, 0.4) is 0 Å². The van der Waals surface area contributed by atoms with Crippen molar-refractivity contribution in [1.29, 1.82) is 0 Å². The molecule has 0 saturated heterocycles. The Balaban J connectivity index is 2.65. The van der Waals surface area contributed by atoms with Crippen molar-refractivity contribution in [2.45, 2.75) is 13.3 Å². The zero-order valence-corrected chi connectivity index (χ0v) is 8.76. The minimum atomic E-state index is -0.461. The summed E-state index contributed by atoms with van der Waals surface area (Å²) in [6.07, 6.45) is 0.319. The van der Waals surface area contributed by atoms with Crippen LogP contribution >= 0.6 is 0 Å². The van der Waals surface area contributed by atoms with Crippen molar-refractivity contribution in [3.05, 3.63) is 35.4 Å². The van der Waals surface area contributed by atoms with Crippen LogP contribution in [0, 0.1) is 11.6 Å². The Morgan fingerprint density at radius 3 is 2.67 bits per heavy atom. The van der Waals surface area contributed by atoms with E-state index in [1.165, 1.54) is 11.8 Å². The van der Waals surface area contributed by atoms with Crippen molar-refractivity contribution in [3.63, 3.8) is 0 Å². The second-order valence-corrected chi connectivity index (χ2v) is 3.43. The summed E-state index contributed by atoms with van der Waals surface area (Å²) in [7, 11) is 1.62. The summed E-state index contributed by atoms with van der Waals surface area (Å²) in [5, 5.41) is 0. The van der Waals surface area contributed by atoms with E-state index in [2.05, 4.69) is 0 Å². The van der Waals surface area contributed by atoms with Gasteiger partial charge in [-0.05, 0) is 30.2 Å². The first-order valence-electron chi connectivity index (χ1n) is 4.66.